The molecule has 0 unspecified atom stereocenters. The van der Waals surface area contributed by atoms with Gasteiger partial charge in [0.1, 0.15) is 0 Å². The van der Waals surface area contributed by atoms with Crippen LogP contribution in [0.2, 0.25) is 0 Å². The van der Waals surface area contributed by atoms with E-state index in [-0.39, 0.29) is 5.41 Å². The lowest BCUT2D eigenvalue weighted by atomic mass is 9.86. The van der Waals surface area contributed by atoms with E-state index in [4.69, 9.17) is 0 Å². The zero-order valence-electron chi connectivity index (χ0n) is 10.9. The number of nitrogens with zero attached hydrogens (tertiary/aromatic N) is 1. The summed E-state index contributed by atoms with van der Waals surface area (Å²) in [6, 6.07) is 11.2. The third-order valence-corrected chi connectivity index (χ3v) is 2.74. The van der Waals surface area contributed by atoms with Crippen LogP contribution < -0.4 is 5.32 Å². The van der Waals surface area contributed by atoms with Crippen molar-refractivity contribution >= 4 is 11.4 Å². The molecule has 1 heterocycles. The Morgan fingerprint density at radius 1 is 1.11 bits per heavy atom. The Bertz CT molecular complexity index is 544. The molecule has 1 aromatic heterocycles. The average molecular weight is 244 g/mol. The minimum atomic E-state index is -0.478. The second-order valence-corrected chi connectivity index (χ2v) is 5.29. The van der Waals surface area contributed by atoms with Gasteiger partial charge in [-0.3, -0.25) is 0 Å². The van der Waals surface area contributed by atoms with Crippen LogP contribution in [0.25, 0.3) is 0 Å². The van der Waals surface area contributed by atoms with E-state index in [1.54, 1.807) is 6.07 Å². The summed E-state index contributed by atoms with van der Waals surface area (Å²) in [6.45, 7) is 6.46. The lowest BCUT2D eigenvalue weighted by Crippen LogP contribution is -2.13. The molecule has 2 aromatic rings. The van der Waals surface area contributed by atoms with Crippen molar-refractivity contribution < 1.29 is 4.39 Å². The lowest BCUT2D eigenvalue weighted by molar-refractivity contribution is 0.584. The topological polar surface area (TPSA) is 24.9 Å². The van der Waals surface area contributed by atoms with Gasteiger partial charge in [-0.1, -0.05) is 39.0 Å². The number of rotatable bonds is 2. The van der Waals surface area contributed by atoms with E-state index < -0.39 is 5.95 Å². The Labute approximate surface area is 107 Å². The average Bonchev–Trinajstić information content (AvgIpc) is 2.28. The van der Waals surface area contributed by atoms with Gasteiger partial charge in [0.15, 0.2) is 0 Å². The molecule has 0 saturated carbocycles. The number of halogens is 1. The summed E-state index contributed by atoms with van der Waals surface area (Å²) >= 11 is 0. The second-order valence-electron chi connectivity index (χ2n) is 5.29. The van der Waals surface area contributed by atoms with E-state index >= 15 is 0 Å². The summed E-state index contributed by atoms with van der Waals surface area (Å²) in [5.74, 6) is -0.478. The Morgan fingerprint density at radius 2 is 1.83 bits per heavy atom. The quantitative estimate of drug-likeness (QED) is 0.798. The number of hydrogen-bond acceptors (Lipinski definition) is 2. The standard InChI is InChI=1S/C15H17FN2/c1-15(2,3)12-6-4-5-7-13(12)18-11-8-9-17-14(16)10-11/h4-10H,1-3H3,(H,17,18). The van der Waals surface area contributed by atoms with Crippen molar-refractivity contribution in [1.82, 2.24) is 4.98 Å². The Hall–Kier alpha value is -1.90. The van der Waals surface area contributed by atoms with Crippen LogP contribution in [0.15, 0.2) is 42.6 Å². The monoisotopic (exact) mass is 244 g/mol. The molecule has 0 aliphatic rings. The van der Waals surface area contributed by atoms with Crippen LogP contribution in [0.4, 0.5) is 15.8 Å². The maximum atomic E-state index is 13.1. The van der Waals surface area contributed by atoms with Crippen LogP contribution in [0.1, 0.15) is 26.3 Å². The predicted octanol–water partition coefficient (Wildman–Crippen LogP) is 4.26. The molecule has 0 saturated heterocycles. The van der Waals surface area contributed by atoms with E-state index in [9.17, 15) is 4.39 Å². The molecule has 0 aliphatic carbocycles. The number of hydrogen-bond donors (Lipinski definition) is 1. The van der Waals surface area contributed by atoms with Gasteiger partial charge in [0.25, 0.3) is 0 Å². The van der Waals surface area contributed by atoms with Crippen LogP contribution in [-0.4, -0.2) is 4.98 Å². The van der Waals surface area contributed by atoms with Crippen molar-refractivity contribution in [2.75, 3.05) is 5.32 Å². The van der Waals surface area contributed by atoms with Crippen LogP contribution in [0.3, 0.4) is 0 Å². The highest BCUT2D eigenvalue weighted by Gasteiger charge is 2.17. The van der Waals surface area contributed by atoms with E-state index in [1.165, 1.54) is 17.8 Å². The predicted molar refractivity (Wildman–Crippen MR) is 72.6 cm³/mol. The molecular formula is C15H17FN2. The molecule has 0 spiro atoms. The highest BCUT2D eigenvalue weighted by atomic mass is 19.1. The molecule has 2 nitrogen and oxygen atoms in total. The van der Waals surface area contributed by atoms with Crippen molar-refractivity contribution in [2.24, 2.45) is 0 Å². The molecule has 18 heavy (non-hydrogen) atoms. The number of pyridine rings is 1. The van der Waals surface area contributed by atoms with Gasteiger partial charge < -0.3 is 5.32 Å². The molecular weight excluding hydrogens is 227 g/mol. The molecule has 94 valence electrons. The van der Waals surface area contributed by atoms with Crippen LogP contribution in [-0.2, 0) is 5.41 Å². The van der Waals surface area contributed by atoms with E-state index in [1.807, 2.05) is 18.2 Å². The summed E-state index contributed by atoms with van der Waals surface area (Å²) < 4.78 is 13.1. The fraction of sp³-hybridized carbons (Fsp3) is 0.267. The SMILES string of the molecule is CC(C)(C)c1ccccc1Nc1ccnc(F)c1. The second kappa shape index (κ2) is 4.77. The number of aromatic nitrogens is 1. The molecule has 0 radical (unpaired) electrons. The van der Waals surface area contributed by atoms with Gasteiger partial charge in [0.2, 0.25) is 5.95 Å². The molecule has 0 fully saturated rings. The van der Waals surface area contributed by atoms with Gasteiger partial charge >= 0.3 is 0 Å². The number of benzene rings is 1. The van der Waals surface area contributed by atoms with Gasteiger partial charge in [0, 0.05) is 23.6 Å². The first-order chi connectivity index (χ1) is 8.47. The molecule has 2 rings (SSSR count). The minimum Gasteiger partial charge on any atom is -0.355 e. The van der Waals surface area contributed by atoms with Crippen molar-refractivity contribution in [3.8, 4) is 0 Å². The Morgan fingerprint density at radius 3 is 2.50 bits per heavy atom. The van der Waals surface area contributed by atoms with Crippen molar-refractivity contribution in [1.29, 1.82) is 0 Å². The van der Waals surface area contributed by atoms with Crippen LogP contribution in [0.5, 0.6) is 0 Å². The number of para-hydroxylation sites is 1. The van der Waals surface area contributed by atoms with Gasteiger partial charge in [-0.25, -0.2) is 4.98 Å². The maximum absolute atomic E-state index is 13.1. The largest absolute Gasteiger partial charge is 0.355 e. The highest BCUT2D eigenvalue weighted by Crippen LogP contribution is 2.31. The number of nitrogens with one attached hydrogen (secondary N) is 1. The minimum absolute atomic E-state index is 0.0369. The summed E-state index contributed by atoms with van der Waals surface area (Å²) in [6.07, 6.45) is 1.46. The fourth-order valence-corrected chi connectivity index (χ4v) is 1.88. The van der Waals surface area contributed by atoms with Crippen molar-refractivity contribution in [3.63, 3.8) is 0 Å². The first kappa shape index (κ1) is 12.6. The smallest absolute Gasteiger partial charge is 0.214 e. The molecule has 0 amide bonds. The molecule has 0 atom stereocenters. The molecule has 3 heteroatoms. The third-order valence-electron chi connectivity index (χ3n) is 2.74. The Kier molecular flexibility index (Phi) is 3.32. The van der Waals surface area contributed by atoms with Crippen molar-refractivity contribution in [3.05, 3.63) is 54.1 Å². The maximum Gasteiger partial charge on any atom is 0.214 e. The summed E-state index contributed by atoms with van der Waals surface area (Å²) in [5, 5.41) is 3.24. The summed E-state index contributed by atoms with van der Waals surface area (Å²) in [7, 11) is 0. The van der Waals surface area contributed by atoms with E-state index in [2.05, 4.69) is 37.1 Å². The normalized spacial score (nSPS) is 11.3. The van der Waals surface area contributed by atoms with E-state index in [0.29, 0.717) is 5.69 Å². The fourth-order valence-electron chi connectivity index (χ4n) is 1.88. The highest BCUT2D eigenvalue weighted by molar-refractivity contribution is 5.64. The molecule has 1 aromatic carbocycles. The van der Waals surface area contributed by atoms with Gasteiger partial charge in [-0.05, 0) is 23.1 Å². The lowest BCUT2D eigenvalue weighted by Gasteiger charge is -2.23. The van der Waals surface area contributed by atoms with Crippen molar-refractivity contribution in [2.45, 2.75) is 26.2 Å². The summed E-state index contributed by atoms with van der Waals surface area (Å²) in [4.78, 5) is 3.55. The molecule has 0 bridgehead atoms. The van der Waals surface area contributed by atoms with Crippen LogP contribution >= 0.6 is 0 Å². The van der Waals surface area contributed by atoms with Gasteiger partial charge in [-0.2, -0.15) is 4.39 Å². The summed E-state index contributed by atoms with van der Waals surface area (Å²) in [5.41, 5.74) is 2.94. The molecule has 1 N–H and O–H groups in total. The third kappa shape index (κ3) is 2.86. The zero-order valence-corrected chi connectivity index (χ0v) is 10.9. The first-order valence-electron chi connectivity index (χ1n) is 5.95. The van der Waals surface area contributed by atoms with Gasteiger partial charge in [-0.15, -0.1) is 0 Å². The Balaban J connectivity index is 2.35. The zero-order chi connectivity index (χ0) is 13.2. The first-order valence-corrected chi connectivity index (χ1v) is 5.95. The molecule has 0 aliphatic heterocycles. The van der Waals surface area contributed by atoms with Crippen LogP contribution in [0, 0.1) is 5.95 Å². The van der Waals surface area contributed by atoms with Gasteiger partial charge in [0.05, 0.1) is 0 Å². The van der Waals surface area contributed by atoms with E-state index in [0.717, 1.165) is 5.69 Å². The number of anilines is 2.